The molecule has 0 fully saturated rings. The summed E-state index contributed by atoms with van der Waals surface area (Å²) in [6, 6.07) is 4.20. The molecule has 1 aromatic carbocycles. The molecule has 0 bridgehead atoms. The van der Waals surface area contributed by atoms with Crippen molar-refractivity contribution >= 4 is 23.4 Å². The highest BCUT2D eigenvalue weighted by Gasteiger charge is 2.09. The van der Waals surface area contributed by atoms with Crippen LogP contribution < -0.4 is 10.6 Å². The predicted octanol–water partition coefficient (Wildman–Crippen LogP) is 1.94. The third kappa shape index (κ3) is 5.48. The summed E-state index contributed by atoms with van der Waals surface area (Å²) in [4.78, 5) is 23.2. The van der Waals surface area contributed by atoms with Crippen LogP contribution >= 0.6 is 11.6 Å². The van der Waals surface area contributed by atoms with E-state index in [0.29, 0.717) is 18.0 Å². The monoisotopic (exact) mass is 298 g/mol. The lowest BCUT2D eigenvalue weighted by Crippen LogP contribution is -2.32. The number of benzene rings is 1. The van der Waals surface area contributed by atoms with Crippen molar-refractivity contribution in [1.82, 2.24) is 10.6 Å². The zero-order valence-electron chi connectivity index (χ0n) is 11.6. The number of hydrogen-bond donors (Lipinski definition) is 3. The first-order chi connectivity index (χ1) is 9.40. The molecule has 0 aliphatic carbocycles. The fourth-order valence-corrected chi connectivity index (χ4v) is 1.63. The smallest absolute Gasteiger partial charge is 0.251 e. The number of carbonyl (C=O) groups excluding carboxylic acids is 2. The van der Waals surface area contributed by atoms with Crippen LogP contribution in [0.15, 0.2) is 18.2 Å². The maximum absolute atomic E-state index is 11.8. The minimum Gasteiger partial charge on any atom is -0.506 e. The van der Waals surface area contributed by atoms with E-state index in [1.165, 1.54) is 18.2 Å². The standard InChI is InChI=1S/C14H19ClN2O3/c1-9(2)8-17-13(19)5-6-16-14(20)10-3-4-12(18)11(15)7-10/h3-4,7,9,18H,5-6,8H2,1-2H3,(H,16,20)(H,17,19). The van der Waals surface area contributed by atoms with Crippen molar-refractivity contribution in [2.24, 2.45) is 5.92 Å². The van der Waals surface area contributed by atoms with Gasteiger partial charge in [0, 0.05) is 25.1 Å². The van der Waals surface area contributed by atoms with E-state index in [1.54, 1.807) is 0 Å². The van der Waals surface area contributed by atoms with Gasteiger partial charge in [-0.3, -0.25) is 9.59 Å². The van der Waals surface area contributed by atoms with E-state index in [1.807, 2.05) is 13.8 Å². The van der Waals surface area contributed by atoms with Crippen molar-refractivity contribution in [2.45, 2.75) is 20.3 Å². The first kappa shape index (κ1) is 16.3. The minimum absolute atomic E-state index is 0.0729. The SMILES string of the molecule is CC(C)CNC(=O)CCNC(=O)c1ccc(O)c(Cl)c1. The highest BCUT2D eigenvalue weighted by Crippen LogP contribution is 2.23. The van der Waals surface area contributed by atoms with Crippen molar-refractivity contribution in [2.75, 3.05) is 13.1 Å². The Bertz CT molecular complexity index is 489. The van der Waals surface area contributed by atoms with Gasteiger partial charge in [-0.25, -0.2) is 0 Å². The molecule has 0 saturated heterocycles. The van der Waals surface area contributed by atoms with Crippen LogP contribution in [-0.2, 0) is 4.79 Å². The maximum Gasteiger partial charge on any atom is 0.251 e. The van der Waals surface area contributed by atoms with Crippen LogP contribution in [0.4, 0.5) is 0 Å². The normalized spacial score (nSPS) is 10.4. The van der Waals surface area contributed by atoms with Crippen molar-refractivity contribution in [1.29, 1.82) is 0 Å². The molecule has 1 aromatic rings. The molecule has 0 aliphatic rings. The van der Waals surface area contributed by atoms with E-state index < -0.39 is 0 Å². The first-order valence-electron chi connectivity index (χ1n) is 6.43. The highest BCUT2D eigenvalue weighted by atomic mass is 35.5. The zero-order chi connectivity index (χ0) is 15.1. The van der Waals surface area contributed by atoms with Crippen LogP contribution in [0.1, 0.15) is 30.6 Å². The van der Waals surface area contributed by atoms with Crippen LogP contribution in [-0.4, -0.2) is 30.0 Å². The molecule has 0 heterocycles. The summed E-state index contributed by atoms with van der Waals surface area (Å²) in [5, 5.41) is 14.8. The van der Waals surface area contributed by atoms with Gasteiger partial charge >= 0.3 is 0 Å². The van der Waals surface area contributed by atoms with E-state index in [2.05, 4.69) is 10.6 Å². The lowest BCUT2D eigenvalue weighted by atomic mass is 10.2. The molecule has 110 valence electrons. The Kier molecular flexibility index (Phi) is 6.31. The summed E-state index contributed by atoms with van der Waals surface area (Å²) in [6.45, 7) is 4.90. The van der Waals surface area contributed by atoms with Crippen LogP contribution in [0.2, 0.25) is 5.02 Å². The second-order valence-corrected chi connectivity index (χ2v) is 5.28. The van der Waals surface area contributed by atoms with Crippen molar-refractivity contribution in [3.8, 4) is 5.75 Å². The molecule has 0 radical (unpaired) electrons. The molecule has 0 unspecified atom stereocenters. The van der Waals surface area contributed by atoms with Gasteiger partial charge in [-0.2, -0.15) is 0 Å². The number of phenols is 1. The van der Waals surface area contributed by atoms with Crippen molar-refractivity contribution in [3.05, 3.63) is 28.8 Å². The molecule has 0 aromatic heterocycles. The average Bonchev–Trinajstić information content (AvgIpc) is 2.39. The number of hydrogen-bond acceptors (Lipinski definition) is 3. The molecular weight excluding hydrogens is 280 g/mol. The lowest BCUT2D eigenvalue weighted by Gasteiger charge is -2.08. The Morgan fingerprint density at radius 3 is 2.60 bits per heavy atom. The second-order valence-electron chi connectivity index (χ2n) is 4.87. The third-order valence-electron chi connectivity index (χ3n) is 2.55. The van der Waals surface area contributed by atoms with Gasteiger partial charge in [0.15, 0.2) is 0 Å². The van der Waals surface area contributed by atoms with Gasteiger partial charge in [0.25, 0.3) is 5.91 Å². The summed E-state index contributed by atoms with van der Waals surface area (Å²) in [5.74, 6) is -0.102. The summed E-state index contributed by atoms with van der Waals surface area (Å²) < 4.78 is 0. The van der Waals surface area contributed by atoms with E-state index in [9.17, 15) is 14.7 Å². The highest BCUT2D eigenvalue weighted by molar-refractivity contribution is 6.32. The Balaban J connectivity index is 2.36. The van der Waals surface area contributed by atoms with Gasteiger partial charge in [-0.05, 0) is 24.1 Å². The molecule has 0 aliphatic heterocycles. The summed E-state index contributed by atoms with van der Waals surface area (Å²) in [7, 11) is 0. The predicted molar refractivity (Wildman–Crippen MR) is 77.9 cm³/mol. The van der Waals surface area contributed by atoms with Crippen molar-refractivity contribution in [3.63, 3.8) is 0 Å². The fourth-order valence-electron chi connectivity index (χ4n) is 1.45. The van der Waals surface area contributed by atoms with Crippen LogP contribution in [0.25, 0.3) is 0 Å². The summed E-state index contributed by atoms with van der Waals surface area (Å²) >= 11 is 5.72. The molecule has 3 N–H and O–H groups in total. The number of amides is 2. The second kappa shape index (κ2) is 7.75. The van der Waals surface area contributed by atoms with Gasteiger partial charge in [0.1, 0.15) is 5.75 Å². The molecule has 20 heavy (non-hydrogen) atoms. The van der Waals surface area contributed by atoms with E-state index >= 15 is 0 Å². The first-order valence-corrected chi connectivity index (χ1v) is 6.81. The number of halogens is 1. The van der Waals surface area contributed by atoms with E-state index in [-0.39, 0.29) is 35.6 Å². The van der Waals surface area contributed by atoms with Gasteiger partial charge in [-0.1, -0.05) is 25.4 Å². The molecule has 0 spiro atoms. The minimum atomic E-state index is -0.330. The van der Waals surface area contributed by atoms with E-state index in [0.717, 1.165) is 0 Å². The lowest BCUT2D eigenvalue weighted by molar-refractivity contribution is -0.121. The largest absolute Gasteiger partial charge is 0.506 e. The number of phenolic OH excluding ortho intramolecular Hbond substituents is 1. The van der Waals surface area contributed by atoms with Gasteiger partial charge in [0.2, 0.25) is 5.91 Å². The summed E-state index contributed by atoms with van der Waals surface area (Å²) in [5.41, 5.74) is 0.343. The third-order valence-corrected chi connectivity index (χ3v) is 2.86. The Morgan fingerprint density at radius 2 is 2.00 bits per heavy atom. The van der Waals surface area contributed by atoms with Crippen LogP contribution in [0.5, 0.6) is 5.75 Å². The van der Waals surface area contributed by atoms with Gasteiger partial charge < -0.3 is 15.7 Å². The number of carbonyl (C=O) groups is 2. The van der Waals surface area contributed by atoms with Crippen LogP contribution in [0, 0.1) is 5.92 Å². The Morgan fingerprint density at radius 1 is 1.30 bits per heavy atom. The van der Waals surface area contributed by atoms with Gasteiger partial charge in [0.05, 0.1) is 5.02 Å². The molecule has 0 atom stereocenters. The van der Waals surface area contributed by atoms with Crippen LogP contribution in [0.3, 0.4) is 0 Å². The number of nitrogens with one attached hydrogen (secondary N) is 2. The number of aromatic hydroxyl groups is 1. The van der Waals surface area contributed by atoms with Gasteiger partial charge in [-0.15, -0.1) is 0 Å². The Hall–Kier alpha value is -1.75. The number of rotatable bonds is 6. The molecule has 5 nitrogen and oxygen atoms in total. The molecule has 6 heteroatoms. The van der Waals surface area contributed by atoms with E-state index in [4.69, 9.17) is 11.6 Å². The maximum atomic E-state index is 11.8. The summed E-state index contributed by atoms with van der Waals surface area (Å²) in [6.07, 6.45) is 0.226. The van der Waals surface area contributed by atoms with Crippen molar-refractivity contribution < 1.29 is 14.7 Å². The molecule has 2 amide bonds. The Labute approximate surface area is 123 Å². The fraction of sp³-hybridized carbons (Fsp3) is 0.429. The molecule has 0 saturated carbocycles. The molecular formula is C14H19ClN2O3. The molecule has 1 rings (SSSR count). The topological polar surface area (TPSA) is 78.4 Å². The zero-order valence-corrected chi connectivity index (χ0v) is 12.3. The quantitative estimate of drug-likeness (QED) is 0.751. The average molecular weight is 299 g/mol.